The van der Waals surface area contributed by atoms with E-state index in [1.54, 1.807) is 11.8 Å². The van der Waals surface area contributed by atoms with Crippen molar-refractivity contribution in [2.45, 2.75) is 29.2 Å². The van der Waals surface area contributed by atoms with Gasteiger partial charge in [-0.3, -0.25) is 0 Å². The molecule has 0 saturated carbocycles. The first-order valence-electron chi connectivity index (χ1n) is 5.80. The number of hydrogen-bond acceptors (Lipinski definition) is 2. The lowest BCUT2D eigenvalue weighted by molar-refractivity contribution is 0.173. The second-order valence-electron chi connectivity index (χ2n) is 3.91. The molecule has 2 heteroatoms. The van der Waals surface area contributed by atoms with E-state index in [9.17, 15) is 5.11 Å². The Kier molecular flexibility index (Phi) is 4.24. The van der Waals surface area contributed by atoms with Gasteiger partial charge in [0.1, 0.15) is 0 Å². The smallest absolute Gasteiger partial charge is 0.0787 e. The Labute approximate surface area is 107 Å². The second-order valence-corrected chi connectivity index (χ2v) is 5.06. The van der Waals surface area contributed by atoms with Gasteiger partial charge in [0, 0.05) is 9.79 Å². The van der Waals surface area contributed by atoms with Gasteiger partial charge < -0.3 is 5.11 Å². The van der Waals surface area contributed by atoms with Crippen molar-refractivity contribution < 1.29 is 5.11 Å². The van der Waals surface area contributed by atoms with Crippen molar-refractivity contribution in [2.75, 3.05) is 0 Å². The topological polar surface area (TPSA) is 20.2 Å². The van der Waals surface area contributed by atoms with Gasteiger partial charge in [0.25, 0.3) is 0 Å². The highest BCUT2D eigenvalue weighted by atomic mass is 32.2. The van der Waals surface area contributed by atoms with E-state index in [1.165, 1.54) is 9.79 Å². The molecule has 0 aliphatic rings. The summed E-state index contributed by atoms with van der Waals surface area (Å²) in [5, 5.41) is 9.70. The summed E-state index contributed by atoms with van der Waals surface area (Å²) in [7, 11) is 0. The number of aliphatic hydroxyl groups excluding tert-OH is 1. The third-order valence-electron chi connectivity index (χ3n) is 2.63. The Morgan fingerprint density at radius 2 is 1.53 bits per heavy atom. The maximum absolute atomic E-state index is 9.70. The van der Waals surface area contributed by atoms with E-state index in [1.807, 2.05) is 37.3 Å². The van der Waals surface area contributed by atoms with Crippen LogP contribution in [0.2, 0.25) is 0 Å². The summed E-state index contributed by atoms with van der Waals surface area (Å²) in [5.74, 6) is 0. The highest BCUT2D eigenvalue weighted by molar-refractivity contribution is 7.99. The van der Waals surface area contributed by atoms with Crippen LogP contribution in [0.1, 0.15) is 25.0 Å². The lowest BCUT2D eigenvalue weighted by atomic mass is 10.1. The number of benzene rings is 2. The first-order chi connectivity index (χ1) is 8.29. The zero-order valence-electron chi connectivity index (χ0n) is 9.84. The molecule has 0 radical (unpaired) electrons. The molecule has 1 unspecified atom stereocenters. The van der Waals surface area contributed by atoms with Gasteiger partial charge in [-0.25, -0.2) is 0 Å². The first-order valence-corrected chi connectivity index (χ1v) is 6.62. The van der Waals surface area contributed by atoms with Crippen LogP contribution in [0.15, 0.2) is 64.4 Å². The Morgan fingerprint density at radius 1 is 0.941 bits per heavy atom. The molecule has 0 saturated heterocycles. The standard InChI is InChI=1S/C15H16OS/c1-2-15(16)12-8-10-14(11-9-12)17-13-6-4-3-5-7-13/h3-11,15-16H,2H2,1H3. The predicted octanol–water partition coefficient (Wildman–Crippen LogP) is 4.28. The molecule has 1 nitrogen and oxygen atoms in total. The van der Waals surface area contributed by atoms with Gasteiger partial charge in [0.2, 0.25) is 0 Å². The fourth-order valence-electron chi connectivity index (χ4n) is 1.62. The summed E-state index contributed by atoms with van der Waals surface area (Å²) >= 11 is 1.73. The highest BCUT2D eigenvalue weighted by Gasteiger charge is 2.04. The van der Waals surface area contributed by atoms with E-state index in [0.29, 0.717) is 0 Å². The van der Waals surface area contributed by atoms with Crippen molar-refractivity contribution in [3.63, 3.8) is 0 Å². The summed E-state index contributed by atoms with van der Waals surface area (Å²) in [6.45, 7) is 1.98. The van der Waals surface area contributed by atoms with E-state index in [2.05, 4.69) is 24.3 Å². The Bertz CT molecular complexity index is 450. The minimum atomic E-state index is -0.342. The van der Waals surface area contributed by atoms with Gasteiger partial charge in [-0.2, -0.15) is 0 Å². The van der Waals surface area contributed by atoms with Crippen LogP contribution in [0.5, 0.6) is 0 Å². The minimum absolute atomic E-state index is 0.342. The average Bonchev–Trinajstić information content (AvgIpc) is 2.40. The van der Waals surface area contributed by atoms with Gasteiger partial charge in [0.05, 0.1) is 6.10 Å². The number of hydrogen-bond donors (Lipinski definition) is 1. The van der Waals surface area contributed by atoms with Crippen LogP contribution < -0.4 is 0 Å². The molecule has 0 aliphatic heterocycles. The van der Waals surface area contributed by atoms with E-state index >= 15 is 0 Å². The van der Waals surface area contributed by atoms with Gasteiger partial charge in [-0.05, 0) is 36.2 Å². The monoisotopic (exact) mass is 244 g/mol. The molecule has 1 N–H and O–H groups in total. The molecule has 0 amide bonds. The highest BCUT2D eigenvalue weighted by Crippen LogP contribution is 2.28. The molecule has 0 spiro atoms. The average molecular weight is 244 g/mol. The molecular formula is C15H16OS. The molecule has 0 fully saturated rings. The largest absolute Gasteiger partial charge is 0.388 e. The van der Waals surface area contributed by atoms with Gasteiger partial charge >= 0.3 is 0 Å². The maximum Gasteiger partial charge on any atom is 0.0787 e. The van der Waals surface area contributed by atoms with Crippen molar-refractivity contribution in [1.82, 2.24) is 0 Å². The van der Waals surface area contributed by atoms with Crippen molar-refractivity contribution in [3.05, 3.63) is 60.2 Å². The Hall–Kier alpha value is -1.25. The van der Waals surface area contributed by atoms with Crippen LogP contribution in [0.4, 0.5) is 0 Å². The third-order valence-corrected chi connectivity index (χ3v) is 3.65. The number of rotatable bonds is 4. The van der Waals surface area contributed by atoms with Crippen molar-refractivity contribution in [2.24, 2.45) is 0 Å². The van der Waals surface area contributed by atoms with Gasteiger partial charge in [0.15, 0.2) is 0 Å². The Morgan fingerprint density at radius 3 is 2.12 bits per heavy atom. The van der Waals surface area contributed by atoms with Crippen LogP contribution in [0, 0.1) is 0 Å². The molecule has 0 bridgehead atoms. The van der Waals surface area contributed by atoms with E-state index < -0.39 is 0 Å². The fraction of sp³-hybridized carbons (Fsp3) is 0.200. The SMILES string of the molecule is CCC(O)c1ccc(Sc2ccccc2)cc1. The molecule has 1 atom stereocenters. The summed E-state index contributed by atoms with van der Waals surface area (Å²) in [6.07, 6.45) is 0.413. The fourth-order valence-corrected chi connectivity index (χ4v) is 2.46. The number of aliphatic hydroxyl groups is 1. The van der Waals surface area contributed by atoms with Crippen molar-refractivity contribution in [3.8, 4) is 0 Å². The molecule has 2 aromatic carbocycles. The summed E-state index contributed by atoms with van der Waals surface area (Å²) in [6, 6.07) is 18.4. The zero-order valence-corrected chi connectivity index (χ0v) is 10.7. The van der Waals surface area contributed by atoms with Crippen molar-refractivity contribution in [1.29, 1.82) is 0 Å². The van der Waals surface area contributed by atoms with Crippen molar-refractivity contribution >= 4 is 11.8 Å². The Balaban J connectivity index is 2.08. The van der Waals surface area contributed by atoms with E-state index in [-0.39, 0.29) is 6.10 Å². The lowest BCUT2D eigenvalue weighted by Gasteiger charge is -2.08. The maximum atomic E-state index is 9.70. The van der Waals surface area contributed by atoms with E-state index in [4.69, 9.17) is 0 Å². The normalized spacial score (nSPS) is 12.4. The van der Waals surface area contributed by atoms with E-state index in [0.717, 1.165) is 12.0 Å². The molecule has 2 rings (SSSR count). The zero-order chi connectivity index (χ0) is 12.1. The molecule has 0 aromatic heterocycles. The minimum Gasteiger partial charge on any atom is -0.388 e. The van der Waals surface area contributed by atoms with Crippen LogP contribution in [0.3, 0.4) is 0 Å². The summed E-state index contributed by atoms with van der Waals surface area (Å²) < 4.78 is 0. The van der Waals surface area contributed by atoms with Gasteiger partial charge in [-0.1, -0.05) is 49.0 Å². The second kappa shape index (κ2) is 5.89. The molecular weight excluding hydrogens is 228 g/mol. The lowest BCUT2D eigenvalue weighted by Crippen LogP contribution is -1.93. The quantitative estimate of drug-likeness (QED) is 0.866. The van der Waals surface area contributed by atoms with Crippen LogP contribution in [-0.4, -0.2) is 5.11 Å². The molecule has 88 valence electrons. The predicted molar refractivity (Wildman–Crippen MR) is 72.3 cm³/mol. The molecule has 2 aromatic rings. The summed E-state index contributed by atoms with van der Waals surface area (Å²) in [4.78, 5) is 2.43. The van der Waals surface area contributed by atoms with Gasteiger partial charge in [-0.15, -0.1) is 0 Å². The van der Waals surface area contributed by atoms with Crippen LogP contribution in [-0.2, 0) is 0 Å². The molecule has 0 aliphatic carbocycles. The first kappa shape index (κ1) is 12.2. The van der Waals surface area contributed by atoms with Crippen LogP contribution in [0.25, 0.3) is 0 Å². The van der Waals surface area contributed by atoms with Crippen LogP contribution >= 0.6 is 11.8 Å². The molecule has 0 heterocycles. The summed E-state index contributed by atoms with van der Waals surface area (Å²) in [5.41, 5.74) is 0.991. The molecule has 17 heavy (non-hydrogen) atoms. The third kappa shape index (κ3) is 3.35.